The Kier molecular flexibility index (Phi) is 12.2. The van der Waals surface area contributed by atoms with Crippen LogP contribution in [0, 0.1) is 12.3 Å². The molecule has 1 fully saturated rings. The van der Waals surface area contributed by atoms with Crippen molar-refractivity contribution >= 4 is 52.8 Å². The number of imide groups is 1. The maximum absolute atomic E-state index is 13.6. The summed E-state index contributed by atoms with van der Waals surface area (Å²) in [5.41, 5.74) is 1.28. The zero-order valence-corrected chi connectivity index (χ0v) is 35.2. The van der Waals surface area contributed by atoms with Crippen LogP contribution in [-0.4, -0.2) is 73.3 Å². The molecule has 13 nitrogen and oxygen atoms in total. The summed E-state index contributed by atoms with van der Waals surface area (Å²) in [7, 11) is 0. The van der Waals surface area contributed by atoms with E-state index in [1.54, 1.807) is 61.5 Å². The first kappa shape index (κ1) is 42.2. The number of nitrogens with one attached hydrogen (secondary N) is 1. The molecular weight excluding hydrogens is 744 g/mol. The van der Waals surface area contributed by atoms with Gasteiger partial charge in [0.05, 0.1) is 29.1 Å². The number of aromatic nitrogens is 3. The molecular formula is C40H53ClN6O7S. The molecule has 1 unspecified atom stereocenters. The van der Waals surface area contributed by atoms with Crippen molar-refractivity contribution in [1.82, 2.24) is 19.7 Å². The number of aryl methyl sites for hydroxylation is 1. The Morgan fingerprint density at radius 3 is 2.15 bits per heavy atom. The number of carbonyl (C=O) groups excluding carboxylic acids is 3. The minimum Gasteiger partial charge on any atom is -0.598 e. The maximum Gasteiger partial charge on any atom is 0.425 e. The molecule has 0 bridgehead atoms. The molecule has 2 aromatic heterocycles. The average molecular weight is 797 g/mol. The molecule has 2 amide bonds. The van der Waals surface area contributed by atoms with Crippen LogP contribution in [0.25, 0.3) is 11.3 Å². The van der Waals surface area contributed by atoms with Crippen molar-refractivity contribution in [2.75, 3.05) is 29.5 Å². The lowest BCUT2D eigenvalue weighted by Crippen LogP contribution is -2.50. The number of halogens is 1. The van der Waals surface area contributed by atoms with Crippen LogP contribution >= 0.6 is 11.6 Å². The van der Waals surface area contributed by atoms with Crippen LogP contribution in [0.1, 0.15) is 115 Å². The number of piperidine rings is 1. The second kappa shape index (κ2) is 15.9. The Morgan fingerprint density at radius 1 is 0.982 bits per heavy atom. The van der Waals surface area contributed by atoms with Crippen molar-refractivity contribution in [2.45, 2.75) is 117 Å². The fourth-order valence-electron chi connectivity index (χ4n) is 6.84. The summed E-state index contributed by atoms with van der Waals surface area (Å²) >= 11 is 5.68. The number of nitrogens with zero attached hydrogens (tertiary/aromatic N) is 5. The first-order valence-electron chi connectivity index (χ1n) is 18.5. The van der Waals surface area contributed by atoms with Gasteiger partial charge in [-0.25, -0.2) is 29.3 Å². The fraction of sp³-hybridized carbons (Fsp3) is 0.550. The average Bonchev–Trinajstić information content (AvgIpc) is 3.36. The third kappa shape index (κ3) is 9.36. The summed E-state index contributed by atoms with van der Waals surface area (Å²) < 4.78 is 33.0. The van der Waals surface area contributed by atoms with Gasteiger partial charge in [0.15, 0.2) is 17.3 Å². The number of fused-ring (bicyclic) bond motifs is 1. The molecule has 0 radical (unpaired) electrons. The van der Waals surface area contributed by atoms with Gasteiger partial charge in [-0.1, -0.05) is 35.9 Å². The predicted molar refractivity (Wildman–Crippen MR) is 214 cm³/mol. The summed E-state index contributed by atoms with van der Waals surface area (Å²) in [5.74, 6) is -0.517. The summed E-state index contributed by atoms with van der Waals surface area (Å²) in [6.07, 6.45) is 1.64. The van der Waals surface area contributed by atoms with Crippen molar-refractivity contribution in [3.63, 3.8) is 0 Å². The van der Waals surface area contributed by atoms with Crippen LogP contribution in [-0.2, 0) is 32.0 Å². The van der Waals surface area contributed by atoms with Crippen molar-refractivity contribution in [2.24, 2.45) is 5.41 Å². The van der Waals surface area contributed by atoms with E-state index in [0.717, 1.165) is 19.3 Å². The highest BCUT2D eigenvalue weighted by Crippen LogP contribution is 2.53. The zero-order valence-electron chi connectivity index (χ0n) is 33.7. The van der Waals surface area contributed by atoms with Crippen LogP contribution in [0.2, 0.25) is 5.02 Å². The Labute approximate surface area is 332 Å². The standard InChI is InChI=1S/C40H53ClN6O7S/c1-12-52-34(48)30-33(46-21-18-40(19-22-46)23-25-15-13-14-16-26(25)31(40)45-55(51)39(9,10)11)43-24(2)29(44-30)27-17-20-42-32(28(27)41)47(35(49)53-37(3,4)5)36(50)54-38(6,7)8/h13-17,20,31,45H,12,18-19,21-23H2,1-11H3/t31-,55?/m1/s1. The molecule has 2 aliphatic rings. The number of esters is 1. The Morgan fingerprint density at radius 2 is 1.58 bits per heavy atom. The van der Waals surface area contributed by atoms with Gasteiger partial charge in [0, 0.05) is 41.6 Å². The van der Waals surface area contributed by atoms with Gasteiger partial charge < -0.3 is 23.7 Å². The van der Waals surface area contributed by atoms with Crippen LogP contribution in [0.3, 0.4) is 0 Å². The van der Waals surface area contributed by atoms with Crippen LogP contribution in [0.4, 0.5) is 21.2 Å². The monoisotopic (exact) mass is 796 g/mol. The minimum absolute atomic E-state index is 0.00203. The Hall–Kier alpha value is -3.98. The summed E-state index contributed by atoms with van der Waals surface area (Å²) in [4.78, 5) is 57.2. The number of anilines is 2. The molecule has 1 saturated heterocycles. The Bertz CT molecular complexity index is 1900. The van der Waals surface area contributed by atoms with Crippen molar-refractivity contribution in [3.05, 3.63) is 64.1 Å². The van der Waals surface area contributed by atoms with Gasteiger partial charge >= 0.3 is 18.2 Å². The van der Waals surface area contributed by atoms with E-state index in [9.17, 15) is 18.9 Å². The third-order valence-electron chi connectivity index (χ3n) is 9.37. The predicted octanol–water partition coefficient (Wildman–Crippen LogP) is 8.29. The number of benzene rings is 1. The van der Waals surface area contributed by atoms with E-state index in [2.05, 4.69) is 21.8 Å². The molecule has 298 valence electrons. The highest BCUT2D eigenvalue weighted by molar-refractivity contribution is 7.90. The topological polar surface area (TPSA) is 159 Å². The van der Waals surface area contributed by atoms with E-state index in [1.807, 2.05) is 37.8 Å². The largest absolute Gasteiger partial charge is 0.598 e. The molecule has 3 heterocycles. The van der Waals surface area contributed by atoms with Crippen molar-refractivity contribution in [3.8, 4) is 11.3 Å². The van der Waals surface area contributed by atoms with Crippen molar-refractivity contribution in [1.29, 1.82) is 0 Å². The highest BCUT2D eigenvalue weighted by Gasteiger charge is 2.51. The lowest BCUT2D eigenvalue weighted by Gasteiger charge is -2.44. The highest BCUT2D eigenvalue weighted by atomic mass is 35.5. The fourth-order valence-corrected chi connectivity index (χ4v) is 8.07. The molecule has 3 aromatic rings. The quantitative estimate of drug-likeness (QED) is 0.139. The summed E-state index contributed by atoms with van der Waals surface area (Å²) in [5, 5.41) is -0.105. The Balaban J connectivity index is 1.52. The molecule has 5 rings (SSSR count). The van der Waals surface area contributed by atoms with E-state index in [4.69, 9.17) is 35.8 Å². The lowest BCUT2D eigenvalue weighted by molar-refractivity contribution is 0.0426. The smallest absolute Gasteiger partial charge is 0.425 e. The number of carbonyl (C=O) groups is 3. The summed E-state index contributed by atoms with van der Waals surface area (Å²) in [6.45, 7) is 20.6. The van der Waals surface area contributed by atoms with Gasteiger partial charge in [-0.05, 0) is 113 Å². The number of amides is 2. The number of ether oxygens (including phenoxy) is 3. The van der Waals surface area contributed by atoms with E-state index in [1.165, 1.54) is 17.3 Å². The van der Waals surface area contributed by atoms with E-state index < -0.39 is 45.5 Å². The number of hydrogen-bond acceptors (Lipinski definition) is 12. The molecule has 1 aromatic carbocycles. The first-order chi connectivity index (χ1) is 25.5. The second-order valence-corrected chi connectivity index (χ2v) is 19.4. The molecule has 1 aliphatic carbocycles. The zero-order chi connectivity index (χ0) is 40.7. The van der Waals surface area contributed by atoms with Crippen LogP contribution in [0.15, 0.2) is 36.5 Å². The van der Waals surface area contributed by atoms with Gasteiger partial charge in [-0.2, -0.15) is 4.90 Å². The van der Waals surface area contributed by atoms with Crippen molar-refractivity contribution < 1.29 is 33.1 Å². The molecule has 55 heavy (non-hydrogen) atoms. The van der Waals surface area contributed by atoms with E-state index in [-0.39, 0.29) is 45.9 Å². The second-order valence-electron chi connectivity index (χ2n) is 17.0. The van der Waals surface area contributed by atoms with Gasteiger partial charge in [0.2, 0.25) is 0 Å². The summed E-state index contributed by atoms with van der Waals surface area (Å²) in [6, 6.07) is 9.80. The number of hydrogen-bond donors (Lipinski definition) is 1. The van der Waals surface area contributed by atoms with Gasteiger partial charge in [0.25, 0.3) is 0 Å². The van der Waals surface area contributed by atoms with Gasteiger partial charge in [-0.3, -0.25) is 0 Å². The molecule has 2 atom stereocenters. The van der Waals surface area contributed by atoms with E-state index >= 15 is 0 Å². The maximum atomic E-state index is 13.6. The molecule has 15 heteroatoms. The molecule has 1 spiro atoms. The lowest BCUT2D eigenvalue weighted by atomic mass is 9.73. The SMILES string of the molecule is CCOC(=O)c1nc(-c2ccnc(N(C(=O)OC(C)(C)C)C(=O)OC(C)(C)C)c2Cl)c(C)nc1N1CCC2(CC1)Cc1ccccc1[C@H]2N[S+]([O-])C(C)(C)C. The number of pyridine rings is 1. The van der Waals surface area contributed by atoms with Crippen LogP contribution < -0.4 is 14.5 Å². The van der Waals surface area contributed by atoms with Crippen LogP contribution in [0.5, 0.6) is 0 Å². The first-order valence-corrected chi connectivity index (χ1v) is 20.1. The van der Waals surface area contributed by atoms with Gasteiger partial charge in [-0.15, -0.1) is 4.72 Å². The third-order valence-corrected chi connectivity index (χ3v) is 11.3. The molecule has 1 N–H and O–H groups in total. The molecule has 1 aliphatic heterocycles. The molecule has 0 saturated carbocycles. The van der Waals surface area contributed by atoms with Gasteiger partial charge in [0.1, 0.15) is 15.9 Å². The number of rotatable bonds is 7. The normalized spacial score (nSPS) is 17.4. The van der Waals surface area contributed by atoms with E-state index in [0.29, 0.717) is 29.5 Å². The minimum atomic E-state index is -1.28.